The van der Waals surface area contributed by atoms with Crippen molar-refractivity contribution in [3.05, 3.63) is 119 Å². The van der Waals surface area contributed by atoms with Gasteiger partial charge in [-0.1, -0.05) is 125 Å². The highest BCUT2D eigenvalue weighted by molar-refractivity contribution is 6.02. The van der Waals surface area contributed by atoms with Crippen LogP contribution in [0, 0.1) is 23.7 Å². The van der Waals surface area contributed by atoms with Crippen LogP contribution in [0.5, 0.6) is 0 Å². The summed E-state index contributed by atoms with van der Waals surface area (Å²) in [6.45, 7) is 10.7. The first-order valence-corrected chi connectivity index (χ1v) is 29.5. The molecule has 0 aromatic heterocycles. The number of carbonyl (C=O) groups excluding carboxylic acids is 6. The van der Waals surface area contributed by atoms with Crippen LogP contribution in [0.15, 0.2) is 97.1 Å². The Kier molecular flexibility index (Phi) is 20.6. The number of hydrogen-bond acceptors (Lipinski definition) is 8. The molecule has 2 saturated carbocycles. The third-order valence-corrected chi connectivity index (χ3v) is 18.1. The Morgan fingerprint density at radius 3 is 1.24 bits per heavy atom. The number of nitrogens with one attached hydrogen (secondary N) is 4. The SMILES string of the molecule is CN[C@@H](C)C(=O)N[C@H](C(=O)N1CC[C@H](C)[C@H]1CN(CCc1ccccc1)C(=O)c1ccc2cc(C(=O)N(CCc3ccccc3)C[C@@H]3[C@@H](C)CCN3C(=O)[C@@H](NC(=O)[C@H](C)NC)C3CCCCC3)ccc2c1)C1CCCCC1. The number of rotatable bonds is 22. The lowest BCUT2D eigenvalue weighted by molar-refractivity contribution is -0.140. The second kappa shape index (κ2) is 27.7. The van der Waals surface area contributed by atoms with Crippen LogP contribution in [-0.2, 0) is 32.0 Å². The molecule has 14 nitrogen and oxygen atoms in total. The van der Waals surface area contributed by atoms with E-state index in [2.05, 4.69) is 59.4 Å². The summed E-state index contributed by atoms with van der Waals surface area (Å²) in [7, 11) is 3.50. The van der Waals surface area contributed by atoms with Gasteiger partial charge in [-0.25, -0.2) is 0 Å². The minimum atomic E-state index is -0.620. The van der Waals surface area contributed by atoms with E-state index in [4.69, 9.17) is 0 Å². The monoisotopic (exact) mass is 1060 g/mol. The maximum atomic E-state index is 15.0. The van der Waals surface area contributed by atoms with Gasteiger partial charge >= 0.3 is 0 Å². The molecule has 0 radical (unpaired) electrons. The molecule has 4 fully saturated rings. The van der Waals surface area contributed by atoms with Crippen molar-refractivity contribution in [2.75, 3.05) is 53.4 Å². The van der Waals surface area contributed by atoms with Crippen molar-refractivity contribution in [1.82, 2.24) is 40.9 Å². The van der Waals surface area contributed by atoms with Crippen LogP contribution in [0.25, 0.3) is 10.8 Å². The van der Waals surface area contributed by atoms with E-state index in [1.807, 2.05) is 106 Å². The van der Waals surface area contributed by atoms with E-state index in [1.54, 1.807) is 14.1 Å². The summed E-state index contributed by atoms with van der Waals surface area (Å²) in [5, 5.41) is 14.0. The fourth-order valence-electron chi connectivity index (χ4n) is 12.7. The number of amides is 6. The molecule has 8 atom stereocenters. The number of hydrogen-bond donors (Lipinski definition) is 4. The molecule has 4 aromatic rings. The Morgan fingerprint density at radius 2 is 0.885 bits per heavy atom. The minimum Gasteiger partial charge on any atom is -0.343 e. The molecule has 8 rings (SSSR count). The number of likely N-dealkylation sites (tertiary alicyclic amines) is 2. The first kappa shape index (κ1) is 58.0. The number of nitrogens with zero attached hydrogens (tertiary/aromatic N) is 4. The summed E-state index contributed by atoms with van der Waals surface area (Å²) in [6.07, 6.45) is 12.9. The molecule has 4 aliphatic rings. The van der Waals surface area contributed by atoms with Gasteiger partial charge in [-0.05, 0) is 149 Å². The number of benzene rings is 4. The molecule has 0 spiro atoms. The molecule has 78 heavy (non-hydrogen) atoms. The van der Waals surface area contributed by atoms with Gasteiger partial charge in [0.15, 0.2) is 0 Å². The molecule has 2 heterocycles. The summed E-state index contributed by atoms with van der Waals surface area (Å²) in [5.41, 5.74) is 3.28. The van der Waals surface area contributed by atoms with E-state index in [-0.39, 0.29) is 71.2 Å². The summed E-state index contributed by atoms with van der Waals surface area (Å²) in [6, 6.07) is 29.1. The zero-order valence-corrected chi connectivity index (χ0v) is 47.4. The molecular weight excluding hydrogens is 977 g/mol. The first-order valence-electron chi connectivity index (χ1n) is 29.5. The van der Waals surface area contributed by atoms with Crippen molar-refractivity contribution in [2.45, 2.75) is 154 Å². The molecular formula is C64H88N8O6. The molecule has 4 aromatic carbocycles. The highest BCUT2D eigenvalue weighted by Gasteiger charge is 2.44. The van der Waals surface area contributed by atoms with Crippen LogP contribution in [0.4, 0.5) is 0 Å². The van der Waals surface area contributed by atoms with E-state index < -0.39 is 24.2 Å². The Hall–Kier alpha value is -6.12. The van der Waals surface area contributed by atoms with Crippen molar-refractivity contribution in [1.29, 1.82) is 0 Å². The predicted octanol–water partition coefficient (Wildman–Crippen LogP) is 8.03. The van der Waals surface area contributed by atoms with Gasteiger partial charge in [0.25, 0.3) is 11.8 Å². The third-order valence-electron chi connectivity index (χ3n) is 18.1. The lowest BCUT2D eigenvalue weighted by atomic mass is 9.83. The number of likely N-dealkylation sites (N-methyl/N-ethyl adjacent to an activating group) is 2. The molecule has 420 valence electrons. The molecule has 4 N–H and O–H groups in total. The van der Waals surface area contributed by atoms with Gasteiger partial charge in [0.2, 0.25) is 23.6 Å². The van der Waals surface area contributed by atoms with E-state index in [9.17, 15) is 19.2 Å². The van der Waals surface area contributed by atoms with Crippen LogP contribution in [-0.4, -0.2) is 145 Å². The maximum Gasteiger partial charge on any atom is 0.253 e. The van der Waals surface area contributed by atoms with E-state index >= 15 is 9.59 Å². The molecule has 2 aliphatic heterocycles. The Labute approximate surface area is 464 Å². The summed E-state index contributed by atoms with van der Waals surface area (Å²) in [5.74, 6) is -0.318. The zero-order chi connectivity index (χ0) is 55.3. The minimum absolute atomic E-state index is 0.0506. The molecule has 2 aliphatic carbocycles. The van der Waals surface area contributed by atoms with Crippen molar-refractivity contribution < 1.29 is 28.8 Å². The van der Waals surface area contributed by atoms with Gasteiger partial charge in [-0.15, -0.1) is 0 Å². The van der Waals surface area contributed by atoms with E-state index in [0.29, 0.717) is 63.2 Å². The highest BCUT2D eigenvalue weighted by atomic mass is 16.2. The van der Waals surface area contributed by atoms with Crippen LogP contribution in [0.1, 0.15) is 137 Å². The van der Waals surface area contributed by atoms with Gasteiger partial charge < -0.3 is 40.9 Å². The van der Waals surface area contributed by atoms with E-state index in [1.165, 1.54) is 0 Å². The third kappa shape index (κ3) is 14.4. The number of carbonyl (C=O) groups is 6. The van der Waals surface area contributed by atoms with Crippen LogP contribution in [0.2, 0.25) is 0 Å². The molecule has 2 saturated heterocycles. The van der Waals surface area contributed by atoms with Gasteiger partial charge in [-0.2, -0.15) is 0 Å². The highest BCUT2D eigenvalue weighted by Crippen LogP contribution is 2.34. The fraction of sp³-hybridized carbons (Fsp3) is 0.562. The maximum absolute atomic E-state index is 15.0. The predicted molar refractivity (Wildman–Crippen MR) is 309 cm³/mol. The largest absolute Gasteiger partial charge is 0.343 e. The second-order valence-electron chi connectivity index (χ2n) is 23.3. The summed E-state index contributed by atoms with van der Waals surface area (Å²) in [4.78, 5) is 94.1. The van der Waals surface area contributed by atoms with Gasteiger partial charge in [-0.3, -0.25) is 28.8 Å². The van der Waals surface area contributed by atoms with Crippen LogP contribution >= 0.6 is 0 Å². The van der Waals surface area contributed by atoms with Crippen molar-refractivity contribution in [2.24, 2.45) is 23.7 Å². The molecule has 0 bridgehead atoms. The summed E-state index contributed by atoms with van der Waals surface area (Å²) >= 11 is 0. The van der Waals surface area contributed by atoms with Crippen LogP contribution in [0.3, 0.4) is 0 Å². The Morgan fingerprint density at radius 1 is 0.513 bits per heavy atom. The quantitative estimate of drug-likeness (QED) is 0.0615. The smallest absolute Gasteiger partial charge is 0.253 e. The normalized spacial score (nSPS) is 21.6. The lowest BCUT2D eigenvalue weighted by Gasteiger charge is -2.38. The van der Waals surface area contributed by atoms with Gasteiger partial charge in [0.05, 0.1) is 24.2 Å². The van der Waals surface area contributed by atoms with Gasteiger partial charge in [0, 0.05) is 50.4 Å². The van der Waals surface area contributed by atoms with E-state index in [0.717, 1.165) is 98.9 Å². The van der Waals surface area contributed by atoms with Gasteiger partial charge in [0.1, 0.15) is 12.1 Å². The van der Waals surface area contributed by atoms with Crippen molar-refractivity contribution >= 4 is 46.2 Å². The van der Waals surface area contributed by atoms with Crippen molar-refractivity contribution in [3.8, 4) is 0 Å². The molecule has 14 heteroatoms. The molecule has 0 unspecified atom stereocenters. The van der Waals surface area contributed by atoms with Crippen molar-refractivity contribution in [3.63, 3.8) is 0 Å². The lowest BCUT2D eigenvalue weighted by Crippen LogP contribution is -2.58. The Bertz CT molecular complexity index is 2480. The Balaban J connectivity index is 1.03. The second-order valence-corrected chi connectivity index (χ2v) is 23.3. The first-order chi connectivity index (χ1) is 37.7. The summed E-state index contributed by atoms with van der Waals surface area (Å²) < 4.78 is 0. The average molecular weight is 1070 g/mol. The topological polar surface area (TPSA) is 163 Å². The number of fused-ring (bicyclic) bond motifs is 1. The average Bonchev–Trinajstić information content (AvgIpc) is 4.06. The fourth-order valence-corrected chi connectivity index (χ4v) is 12.7. The zero-order valence-electron chi connectivity index (χ0n) is 47.4. The van der Waals surface area contributed by atoms with Crippen LogP contribution < -0.4 is 21.3 Å². The molecule has 6 amide bonds. The standard InChI is InChI=1S/C64H88N8O6/c1-43-31-37-71(63(77)57(49-23-15-9-16-24-49)67-59(73)45(3)65-5)55(43)41-69(35-33-47-19-11-7-12-20-47)61(75)53-29-27-52-40-54(30-28-51(52)39-53)62(76)70(36-34-48-21-13-8-14-22-48)42-56-44(2)32-38-72(56)64(78)58(50-25-17-10-18-26-50)68-60(74)46(4)66-6/h7-8,11-14,19-22,27-30,39-40,43-46,49-50,55-58,65-66H,9-10,15-18,23-26,31-38,41-42H2,1-6H3,(H,67,73)(H,68,74)/t43-,44-,45-,46-,55+,56+,57-,58-/m0/s1.